The minimum Gasteiger partial charge on any atom is -0.493 e. The summed E-state index contributed by atoms with van der Waals surface area (Å²) in [4.78, 5) is 2.43. The standard InChI is InChI=1S/C21H21N3O3/c1-25-18-9-14(10-19-21(18)27-13-26-19)11-24-8-7-17-16(12-24)20(23-22-17)15-5-3-2-4-6-15/h2-6,9-10H,7-8,11-13H2,1H3,(H,22,23). The van der Waals surface area contributed by atoms with Gasteiger partial charge < -0.3 is 14.2 Å². The number of nitrogens with zero attached hydrogens (tertiary/aromatic N) is 2. The fourth-order valence-corrected chi connectivity index (χ4v) is 3.85. The topological polar surface area (TPSA) is 59.6 Å². The summed E-state index contributed by atoms with van der Waals surface area (Å²) in [6.07, 6.45) is 0.969. The lowest BCUT2D eigenvalue weighted by Crippen LogP contribution is -2.30. The van der Waals surface area contributed by atoms with E-state index in [9.17, 15) is 0 Å². The average molecular weight is 363 g/mol. The molecule has 6 nitrogen and oxygen atoms in total. The molecule has 27 heavy (non-hydrogen) atoms. The van der Waals surface area contributed by atoms with Crippen LogP contribution in [0.25, 0.3) is 11.3 Å². The Bertz CT molecular complexity index is 968. The monoisotopic (exact) mass is 363 g/mol. The number of hydrogen-bond acceptors (Lipinski definition) is 5. The van der Waals surface area contributed by atoms with Crippen molar-refractivity contribution in [1.29, 1.82) is 0 Å². The van der Waals surface area contributed by atoms with Crippen LogP contribution in [0.5, 0.6) is 17.2 Å². The second-order valence-corrected chi connectivity index (χ2v) is 6.89. The van der Waals surface area contributed by atoms with E-state index in [1.165, 1.54) is 11.3 Å². The smallest absolute Gasteiger partial charge is 0.231 e. The molecule has 0 fully saturated rings. The molecule has 0 radical (unpaired) electrons. The van der Waals surface area contributed by atoms with Gasteiger partial charge in [0.2, 0.25) is 12.5 Å². The predicted octanol–water partition coefficient (Wildman–Crippen LogP) is 3.37. The molecular weight excluding hydrogens is 342 g/mol. The van der Waals surface area contributed by atoms with Crippen molar-refractivity contribution in [2.75, 3.05) is 20.4 Å². The molecule has 0 bridgehead atoms. The molecule has 138 valence electrons. The summed E-state index contributed by atoms with van der Waals surface area (Å²) in [6, 6.07) is 14.4. The number of ether oxygens (including phenoxy) is 3. The van der Waals surface area contributed by atoms with Gasteiger partial charge >= 0.3 is 0 Å². The van der Waals surface area contributed by atoms with E-state index >= 15 is 0 Å². The highest BCUT2D eigenvalue weighted by atomic mass is 16.7. The zero-order valence-electron chi connectivity index (χ0n) is 15.2. The van der Waals surface area contributed by atoms with E-state index in [2.05, 4.69) is 39.4 Å². The van der Waals surface area contributed by atoms with Crippen LogP contribution in [-0.2, 0) is 19.5 Å². The second-order valence-electron chi connectivity index (χ2n) is 6.89. The Morgan fingerprint density at radius 3 is 2.93 bits per heavy atom. The lowest BCUT2D eigenvalue weighted by Gasteiger charge is -2.27. The van der Waals surface area contributed by atoms with Crippen molar-refractivity contribution in [2.45, 2.75) is 19.5 Å². The van der Waals surface area contributed by atoms with Gasteiger partial charge in [-0.1, -0.05) is 30.3 Å². The summed E-state index contributed by atoms with van der Waals surface area (Å²) in [5.74, 6) is 2.18. The van der Waals surface area contributed by atoms with Gasteiger partial charge in [0.05, 0.1) is 12.8 Å². The fourth-order valence-electron chi connectivity index (χ4n) is 3.85. The van der Waals surface area contributed by atoms with Gasteiger partial charge in [-0.15, -0.1) is 0 Å². The highest BCUT2D eigenvalue weighted by Gasteiger charge is 2.25. The molecule has 0 aliphatic carbocycles. The molecule has 0 spiro atoms. The van der Waals surface area contributed by atoms with Gasteiger partial charge in [0.25, 0.3) is 0 Å². The maximum absolute atomic E-state index is 5.56. The SMILES string of the molecule is COc1cc(CN2CCc3[nH]nc(-c4ccccc4)c3C2)cc2c1OCO2. The first kappa shape index (κ1) is 16.2. The Morgan fingerprint density at radius 2 is 2.07 bits per heavy atom. The Kier molecular flexibility index (Phi) is 3.98. The van der Waals surface area contributed by atoms with Crippen LogP contribution in [0.2, 0.25) is 0 Å². The van der Waals surface area contributed by atoms with Crippen molar-refractivity contribution in [1.82, 2.24) is 15.1 Å². The van der Waals surface area contributed by atoms with Crippen LogP contribution in [0.3, 0.4) is 0 Å². The second kappa shape index (κ2) is 6.63. The maximum Gasteiger partial charge on any atom is 0.231 e. The number of methoxy groups -OCH3 is 1. The zero-order valence-corrected chi connectivity index (χ0v) is 15.2. The van der Waals surface area contributed by atoms with Gasteiger partial charge in [-0.25, -0.2) is 0 Å². The van der Waals surface area contributed by atoms with E-state index < -0.39 is 0 Å². The molecule has 2 aliphatic rings. The van der Waals surface area contributed by atoms with Crippen molar-refractivity contribution in [3.63, 3.8) is 0 Å². The predicted molar refractivity (Wildman–Crippen MR) is 101 cm³/mol. The molecule has 0 unspecified atom stereocenters. The Balaban J connectivity index is 1.40. The molecule has 3 aromatic rings. The van der Waals surface area contributed by atoms with Crippen LogP contribution >= 0.6 is 0 Å². The zero-order chi connectivity index (χ0) is 18.2. The molecule has 0 atom stereocenters. The Hall–Kier alpha value is -2.99. The largest absolute Gasteiger partial charge is 0.493 e. The van der Waals surface area contributed by atoms with Crippen molar-refractivity contribution < 1.29 is 14.2 Å². The number of H-pyrrole nitrogens is 1. The number of nitrogens with one attached hydrogen (secondary N) is 1. The third kappa shape index (κ3) is 2.92. The van der Waals surface area contributed by atoms with Crippen LogP contribution in [0.1, 0.15) is 16.8 Å². The highest BCUT2D eigenvalue weighted by Crippen LogP contribution is 2.42. The van der Waals surface area contributed by atoms with Gasteiger partial charge in [0, 0.05) is 42.9 Å². The van der Waals surface area contributed by atoms with Gasteiger partial charge in [-0.05, 0) is 17.7 Å². The summed E-state index contributed by atoms with van der Waals surface area (Å²) in [5.41, 5.74) is 5.90. The van der Waals surface area contributed by atoms with Crippen LogP contribution in [0, 0.1) is 0 Å². The van der Waals surface area contributed by atoms with Gasteiger partial charge in [0.15, 0.2) is 11.5 Å². The third-order valence-corrected chi connectivity index (χ3v) is 5.18. The van der Waals surface area contributed by atoms with Crippen molar-refractivity contribution in [3.8, 4) is 28.5 Å². The Morgan fingerprint density at radius 1 is 1.19 bits per heavy atom. The summed E-state index contributed by atoms with van der Waals surface area (Å²) in [5, 5.41) is 7.80. The van der Waals surface area contributed by atoms with E-state index in [0.29, 0.717) is 5.75 Å². The van der Waals surface area contributed by atoms with Crippen molar-refractivity contribution >= 4 is 0 Å². The highest BCUT2D eigenvalue weighted by molar-refractivity contribution is 5.64. The van der Waals surface area contributed by atoms with E-state index in [4.69, 9.17) is 14.2 Å². The summed E-state index contributed by atoms with van der Waals surface area (Å²) >= 11 is 0. The molecular formula is C21H21N3O3. The van der Waals surface area contributed by atoms with Crippen LogP contribution in [-0.4, -0.2) is 35.5 Å². The first-order valence-electron chi connectivity index (χ1n) is 9.12. The normalized spacial score (nSPS) is 15.6. The first-order valence-corrected chi connectivity index (χ1v) is 9.12. The number of aromatic amines is 1. The average Bonchev–Trinajstić information content (AvgIpc) is 3.34. The Labute approximate surface area is 157 Å². The number of benzene rings is 2. The minimum atomic E-state index is 0.248. The molecule has 0 amide bonds. The molecule has 3 heterocycles. The molecule has 1 aromatic heterocycles. The molecule has 0 saturated carbocycles. The summed E-state index contributed by atoms with van der Waals surface area (Å²) in [7, 11) is 1.66. The molecule has 1 N–H and O–H groups in total. The van der Waals surface area contributed by atoms with Crippen LogP contribution in [0.15, 0.2) is 42.5 Å². The summed E-state index contributed by atoms with van der Waals surface area (Å²) < 4.78 is 16.5. The lowest BCUT2D eigenvalue weighted by atomic mass is 10.0. The van der Waals surface area contributed by atoms with Gasteiger partial charge in [0.1, 0.15) is 0 Å². The number of fused-ring (bicyclic) bond motifs is 2. The summed E-state index contributed by atoms with van der Waals surface area (Å²) in [6.45, 7) is 2.93. The molecule has 6 heteroatoms. The van der Waals surface area contributed by atoms with Gasteiger partial charge in [-0.2, -0.15) is 5.10 Å². The molecule has 5 rings (SSSR count). The number of aromatic nitrogens is 2. The fraction of sp³-hybridized carbons (Fsp3) is 0.286. The quantitative estimate of drug-likeness (QED) is 0.770. The van der Waals surface area contributed by atoms with E-state index in [0.717, 1.165) is 54.4 Å². The minimum absolute atomic E-state index is 0.248. The van der Waals surface area contributed by atoms with Crippen LogP contribution in [0.4, 0.5) is 0 Å². The van der Waals surface area contributed by atoms with Crippen molar-refractivity contribution in [2.24, 2.45) is 0 Å². The van der Waals surface area contributed by atoms with Crippen molar-refractivity contribution in [3.05, 3.63) is 59.3 Å². The van der Waals surface area contributed by atoms with E-state index in [1.54, 1.807) is 7.11 Å². The third-order valence-electron chi connectivity index (χ3n) is 5.18. The van der Waals surface area contributed by atoms with Gasteiger partial charge in [-0.3, -0.25) is 10.00 Å². The number of rotatable bonds is 4. The molecule has 0 saturated heterocycles. The molecule has 2 aromatic carbocycles. The molecule has 2 aliphatic heterocycles. The van der Waals surface area contributed by atoms with Crippen LogP contribution < -0.4 is 14.2 Å². The van der Waals surface area contributed by atoms with E-state index in [1.807, 2.05) is 18.2 Å². The number of hydrogen-bond donors (Lipinski definition) is 1. The maximum atomic E-state index is 5.56. The first-order chi connectivity index (χ1) is 13.3. The van der Waals surface area contributed by atoms with E-state index in [-0.39, 0.29) is 6.79 Å². The lowest BCUT2D eigenvalue weighted by molar-refractivity contribution is 0.171.